The number of rotatable bonds is 8. The minimum atomic E-state index is -0.850. The number of amides is 2. The Morgan fingerprint density at radius 2 is 2.00 bits per heavy atom. The highest BCUT2D eigenvalue weighted by molar-refractivity contribution is 6.32. The maximum absolute atomic E-state index is 15.3. The van der Waals surface area contributed by atoms with Gasteiger partial charge in [-0.3, -0.25) is 9.59 Å². The van der Waals surface area contributed by atoms with Crippen molar-refractivity contribution in [3.63, 3.8) is 0 Å². The van der Waals surface area contributed by atoms with E-state index >= 15 is 4.39 Å². The molecule has 0 spiro atoms. The standard InChI is InChI=1S/C29H30ClFN4O4/c1-17(36)27(19-5-3-2-4-6-19)34-26(37)16-35-15-22-21(29(35)38)12-20(13-24(22)31)28-23(30)14-32-25(33-28)11-18-7-9-39-10-8-18/h2-6,12-14,17-18,27,36H,7-11,15-16H2,1H3,(H,34,37)/t17-,27+/m0/s1. The van der Waals surface area contributed by atoms with E-state index in [0.29, 0.717) is 42.6 Å². The molecule has 5 rings (SSSR count). The molecule has 2 amide bonds. The van der Waals surface area contributed by atoms with Gasteiger partial charge in [0.1, 0.15) is 18.2 Å². The van der Waals surface area contributed by atoms with Crippen LogP contribution in [0.2, 0.25) is 5.02 Å². The first kappa shape index (κ1) is 27.2. The van der Waals surface area contributed by atoms with Crippen LogP contribution in [0.4, 0.5) is 4.39 Å². The second-order valence-corrected chi connectivity index (χ2v) is 10.5. The molecule has 2 N–H and O–H groups in total. The van der Waals surface area contributed by atoms with Crippen molar-refractivity contribution in [3.8, 4) is 11.3 Å². The second kappa shape index (κ2) is 11.8. The number of carbonyl (C=O) groups is 2. The van der Waals surface area contributed by atoms with Crippen LogP contribution in [0.3, 0.4) is 0 Å². The number of aliphatic hydroxyl groups is 1. The number of hydrogen-bond acceptors (Lipinski definition) is 6. The predicted molar refractivity (Wildman–Crippen MR) is 143 cm³/mol. The van der Waals surface area contributed by atoms with E-state index in [2.05, 4.69) is 15.3 Å². The first-order valence-corrected chi connectivity index (χ1v) is 13.4. The van der Waals surface area contributed by atoms with E-state index in [1.165, 1.54) is 17.2 Å². The van der Waals surface area contributed by atoms with Crippen LogP contribution in [0.15, 0.2) is 48.7 Å². The third kappa shape index (κ3) is 6.11. The lowest BCUT2D eigenvalue weighted by molar-refractivity contribution is -0.123. The maximum atomic E-state index is 15.3. The molecule has 1 fully saturated rings. The van der Waals surface area contributed by atoms with E-state index in [-0.39, 0.29) is 29.2 Å². The quantitative estimate of drug-likeness (QED) is 0.436. The Bertz CT molecular complexity index is 1360. The molecule has 0 saturated carbocycles. The SMILES string of the molecule is C[C@H](O)[C@@H](NC(=O)CN1Cc2c(F)cc(-c3nc(CC4CCOCC4)ncc3Cl)cc2C1=O)c1ccccc1. The molecule has 2 atom stereocenters. The average Bonchev–Trinajstić information content (AvgIpc) is 3.24. The van der Waals surface area contributed by atoms with Gasteiger partial charge in [-0.1, -0.05) is 41.9 Å². The number of ether oxygens (including phenoxy) is 1. The van der Waals surface area contributed by atoms with Gasteiger partial charge < -0.3 is 20.1 Å². The normalized spacial score (nSPS) is 17.1. The smallest absolute Gasteiger partial charge is 0.255 e. The summed E-state index contributed by atoms with van der Waals surface area (Å²) in [6.45, 7) is 2.69. The highest BCUT2D eigenvalue weighted by Gasteiger charge is 2.33. The number of fused-ring (bicyclic) bond motifs is 1. The summed E-state index contributed by atoms with van der Waals surface area (Å²) in [6, 6.07) is 11.3. The lowest BCUT2D eigenvalue weighted by Crippen LogP contribution is -2.41. The van der Waals surface area contributed by atoms with Crippen LogP contribution in [0.1, 0.15) is 53.1 Å². The van der Waals surface area contributed by atoms with Crippen LogP contribution in [-0.4, -0.2) is 57.7 Å². The van der Waals surface area contributed by atoms with Gasteiger partial charge in [-0.2, -0.15) is 0 Å². The second-order valence-electron chi connectivity index (χ2n) is 10.1. The molecule has 2 aromatic carbocycles. The van der Waals surface area contributed by atoms with Crippen LogP contribution in [0.5, 0.6) is 0 Å². The lowest BCUT2D eigenvalue weighted by atomic mass is 9.96. The Hall–Kier alpha value is -3.40. The van der Waals surface area contributed by atoms with Crippen molar-refractivity contribution in [2.24, 2.45) is 5.92 Å². The van der Waals surface area contributed by atoms with E-state index in [1.807, 2.05) is 18.2 Å². The van der Waals surface area contributed by atoms with Crippen molar-refractivity contribution < 1.29 is 23.8 Å². The van der Waals surface area contributed by atoms with Crippen LogP contribution in [0, 0.1) is 11.7 Å². The van der Waals surface area contributed by atoms with Crippen LogP contribution < -0.4 is 5.32 Å². The largest absolute Gasteiger partial charge is 0.391 e. The van der Waals surface area contributed by atoms with Gasteiger partial charge in [-0.15, -0.1) is 0 Å². The van der Waals surface area contributed by atoms with E-state index < -0.39 is 29.8 Å². The fourth-order valence-electron chi connectivity index (χ4n) is 5.13. The molecule has 3 heterocycles. The van der Waals surface area contributed by atoms with Crippen molar-refractivity contribution in [2.75, 3.05) is 19.8 Å². The zero-order chi connectivity index (χ0) is 27.5. The predicted octanol–water partition coefficient (Wildman–Crippen LogP) is 4.10. The zero-order valence-corrected chi connectivity index (χ0v) is 22.3. The van der Waals surface area contributed by atoms with Gasteiger partial charge >= 0.3 is 0 Å². The Kier molecular flexibility index (Phi) is 8.20. The van der Waals surface area contributed by atoms with E-state index in [1.54, 1.807) is 25.1 Å². The van der Waals surface area contributed by atoms with Crippen molar-refractivity contribution in [3.05, 3.63) is 82.0 Å². The van der Waals surface area contributed by atoms with Crippen molar-refractivity contribution in [1.29, 1.82) is 0 Å². The summed E-state index contributed by atoms with van der Waals surface area (Å²) >= 11 is 6.40. The maximum Gasteiger partial charge on any atom is 0.255 e. The number of aliphatic hydroxyl groups excluding tert-OH is 1. The molecule has 2 aliphatic rings. The Morgan fingerprint density at radius 1 is 1.26 bits per heavy atom. The van der Waals surface area contributed by atoms with Crippen molar-refractivity contribution in [1.82, 2.24) is 20.2 Å². The number of hydrogen-bond donors (Lipinski definition) is 2. The molecule has 8 nitrogen and oxygen atoms in total. The van der Waals surface area contributed by atoms with Gasteiger partial charge in [0.25, 0.3) is 5.91 Å². The summed E-state index contributed by atoms with van der Waals surface area (Å²) in [6.07, 6.45) is 3.18. The number of aromatic nitrogens is 2. The van der Waals surface area contributed by atoms with Crippen LogP contribution in [0.25, 0.3) is 11.3 Å². The molecule has 2 aliphatic heterocycles. The fourth-order valence-corrected chi connectivity index (χ4v) is 5.33. The monoisotopic (exact) mass is 552 g/mol. The summed E-state index contributed by atoms with van der Waals surface area (Å²) in [7, 11) is 0. The fraction of sp³-hybridized carbons (Fsp3) is 0.379. The molecular formula is C29H30ClFN4O4. The average molecular weight is 553 g/mol. The Labute approximate surface area is 231 Å². The minimum absolute atomic E-state index is 0.0368. The topological polar surface area (TPSA) is 105 Å². The van der Waals surface area contributed by atoms with Gasteiger partial charge in [0, 0.05) is 42.5 Å². The van der Waals surface area contributed by atoms with E-state index in [4.69, 9.17) is 16.3 Å². The van der Waals surface area contributed by atoms with Crippen molar-refractivity contribution >= 4 is 23.4 Å². The molecule has 1 aromatic heterocycles. The first-order valence-electron chi connectivity index (χ1n) is 13.0. The van der Waals surface area contributed by atoms with Crippen LogP contribution in [-0.2, 0) is 22.5 Å². The number of nitrogens with zero attached hydrogens (tertiary/aromatic N) is 3. The summed E-state index contributed by atoms with van der Waals surface area (Å²) in [5, 5.41) is 13.3. The van der Waals surface area contributed by atoms with Gasteiger partial charge in [0.05, 0.1) is 29.4 Å². The molecule has 0 radical (unpaired) electrons. The Balaban J connectivity index is 1.32. The molecule has 0 unspecified atom stereocenters. The lowest BCUT2D eigenvalue weighted by Gasteiger charge is -2.23. The molecular weight excluding hydrogens is 523 g/mol. The van der Waals surface area contributed by atoms with Crippen LogP contribution >= 0.6 is 11.6 Å². The Morgan fingerprint density at radius 3 is 2.72 bits per heavy atom. The van der Waals surface area contributed by atoms with Gasteiger partial charge in [-0.05, 0) is 43.4 Å². The van der Waals surface area contributed by atoms with Crippen molar-refractivity contribution in [2.45, 2.75) is 44.9 Å². The van der Waals surface area contributed by atoms with Gasteiger partial charge in [0.2, 0.25) is 5.91 Å². The zero-order valence-electron chi connectivity index (χ0n) is 21.6. The van der Waals surface area contributed by atoms with Gasteiger partial charge in [-0.25, -0.2) is 14.4 Å². The molecule has 0 aliphatic carbocycles. The molecule has 0 bridgehead atoms. The summed E-state index contributed by atoms with van der Waals surface area (Å²) in [5.74, 6) is -0.463. The van der Waals surface area contributed by atoms with Gasteiger partial charge in [0.15, 0.2) is 0 Å². The highest BCUT2D eigenvalue weighted by atomic mass is 35.5. The summed E-state index contributed by atoms with van der Waals surface area (Å²) in [5.41, 5.74) is 1.88. The van der Waals surface area contributed by atoms with E-state index in [0.717, 1.165) is 18.4 Å². The third-order valence-corrected chi connectivity index (χ3v) is 7.51. The molecule has 10 heteroatoms. The molecule has 3 aromatic rings. The number of nitrogens with one attached hydrogen (secondary N) is 1. The number of benzene rings is 2. The summed E-state index contributed by atoms with van der Waals surface area (Å²) in [4.78, 5) is 36.3. The highest BCUT2D eigenvalue weighted by Crippen LogP contribution is 2.33. The minimum Gasteiger partial charge on any atom is -0.391 e. The first-order chi connectivity index (χ1) is 18.8. The number of halogens is 2. The molecule has 1 saturated heterocycles. The molecule has 39 heavy (non-hydrogen) atoms. The third-order valence-electron chi connectivity index (χ3n) is 7.23. The van der Waals surface area contributed by atoms with E-state index in [9.17, 15) is 14.7 Å². The number of carbonyl (C=O) groups excluding carboxylic acids is 2. The summed E-state index contributed by atoms with van der Waals surface area (Å²) < 4.78 is 20.7. The molecule has 204 valence electrons.